The molecule has 8 heteroatoms. The Balaban J connectivity index is 1.32. The molecule has 2 aliphatic rings. The maximum Gasteiger partial charge on any atom is 0.243 e. The van der Waals surface area contributed by atoms with Crippen LogP contribution in [0, 0.1) is 5.82 Å². The molecule has 0 bridgehead atoms. The zero-order chi connectivity index (χ0) is 23.0. The first-order chi connectivity index (χ1) is 15.9. The van der Waals surface area contributed by atoms with Gasteiger partial charge in [-0.2, -0.15) is 4.31 Å². The summed E-state index contributed by atoms with van der Waals surface area (Å²) in [6.07, 6.45) is 2.90. The molecule has 0 radical (unpaired) electrons. The SMILES string of the molecule is C[C@@H]1CCCCN1S(=O)(=O)c1ccc2nc(N3CCN(c4ccc(F)cc4)CC3)ccc2c1. The molecular formula is C25H29FN4O2S. The van der Waals surface area contributed by atoms with Gasteiger partial charge in [-0.25, -0.2) is 17.8 Å². The fraction of sp³-hybridized carbons (Fsp3) is 0.400. The second kappa shape index (κ2) is 8.91. The summed E-state index contributed by atoms with van der Waals surface area (Å²) < 4.78 is 41.2. The van der Waals surface area contributed by atoms with Gasteiger partial charge in [0.2, 0.25) is 10.0 Å². The van der Waals surface area contributed by atoms with E-state index >= 15 is 0 Å². The second-order valence-corrected chi connectivity index (χ2v) is 10.8. The smallest absolute Gasteiger partial charge is 0.243 e. The Labute approximate surface area is 194 Å². The minimum absolute atomic E-state index is 0.0357. The molecule has 33 heavy (non-hydrogen) atoms. The average Bonchev–Trinajstić information content (AvgIpc) is 2.84. The van der Waals surface area contributed by atoms with Crippen LogP contribution in [0.15, 0.2) is 59.5 Å². The lowest BCUT2D eigenvalue weighted by Crippen LogP contribution is -2.46. The predicted octanol–water partition coefficient (Wildman–Crippen LogP) is 4.26. The Morgan fingerprint density at radius 1 is 0.879 bits per heavy atom. The van der Waals surface area contributed by atoms with Crippen molar-refractivity contribution >= 4 is 32.4 Å². The molecular weight excluding hydrogens is 439 g/mol. The normalized spacial score (nSPS) is 20.4. The third-order valence-electron chi connectivity index (χ3n) is 6.79. The largest absolute Gasteiger partial charge is 0.368 e. The number of pyridine rings is 1. The van der Waals surface area contributed by atoms with Crippen LogP contribution in [0.25, 0.3) is 10.9 Å². The van der Waals surface area contributed by atoms with E-state index < -0.39 is 10.0 Å². The van der Waals surface area contributed by atoms with E-state index in [9.17, 15) is 12.8 Å². The summed E-state index contributed by atoms with van der Waals surface area (Å²) in [6.45, 7) is 5.86. The summed E-state index contributed by atoms with van der Waals surface area (Å²) >= 11 is 0. The summed E-state index contributed by atoms with van der Waals surface area (Å²) in [5.74, 6) is 0.667. The van der Waals surface area contributed by atoms with Crippen molar-refractivity contribution in [2.24, 2.45) is 0 Å². The minimum atomic E-state index is -3.50. The highest BCUT2D eigenvalue weighted by atomic mass is 32.2. The molecule has 2 saturated heterocycles. The van der Waals surface area contributed by atoms with E-state index in [4.69, 9.17) is 4.98 Å². The lowest BCUT2D eigenvalue weighted by molar-refractivity contribution is 0.268. The molecule has 0 amide bonds. The van der Waals surface area contributed by atoms with Crippen LogP contribution in [-0.4, -0.2) is 56.5 Å². The third-order valence-corrected chi connectivity index (χ3v) is 8.80. The quantitative estimate of drug-likeness (QED) is 0.573. The van der Waals surface area contributed by atoms with Gasteiger partial charge in [-0.05, 0) is 74.4 Å². The molecule has 1 atom stereocenters. The maximum absolute atomic E-state index is 13.2. The Morgan fingerprint density at radius 2 is 1.61 bits per heavy atom. The second-order valence-electron chi connectivity index (χ2n) is 8.94. The first kappa shape index (κ1) is 22.1. The molecule has 3 heterocycles. The van der Waals surface area contributed by atoms with Crippen LogP contribution in [0.2, 0.25) is 0 Å². The van der Waals surface area contributed by atoms with Gasteiger partial charge in [0, 0.05) is 49.8 Å². The molecule has 0 saturated carbocycles. The van der Waals surface area contributed by atoms with Crippen LogP contribution in [0.5, 0.6) is 0 Å². The zero-order valence-electron chi connectivity index (χ0n) is 18.8. The summed E-state index contributed by atoms with van der Waals surface area (Å²) in [5, 5.41) is 0.828. The number of aromatic nitrogens is 1. The number of rotatable bonds is 4. The van der Waals surface area contributed by atoms with Crippen LogP contribution in [0.4, 0.5) is 15.9 Å². The number of benzene rings is 2. The molecule has 2 aromatic carbocycles. The van der Waals surface area contributed by atoms with Gasteiger partial charge < -0.3 is 9.80 Å². The Morgan fingerprint density at radius 3 is 2.33 bits per heavy atom. The molecule has 174 valence electrons. The van der Waals surface area contributed by atoms with Crippen molar-refractivity contribution in [2.75, 3.05) is 42.5 Å². The standard InChI is InChI=1S/C25H29FN4O2S/c1-19-4-2-3-13-30(19)33(31,32)23-10-11-24-20(18-23)5-12-25(27-24)29-16-14-28(15-17-29)22-8-6-21(26)7-9-22/h5-12,18-19H,2-4,13-17H2,1H3/t19-/m1/s1. The van der Waals surface area contributed by atoms with Crippen molar-refractivity contribution in [1.29, 1.82) is 0 Å². The Bertz CT molecular complexity index is 1240. The van der Waals surface area contributed by atoms with E-state index in [0.717, 1.165) is 67.8 Å². The first-order valence-electron chi connectivity index (χ1n) is 11.6. The molecule has 0 N–H and O–H groups in total. The molecule has 0 spiro atoms. The Kier molecular flexibility index (Phi) is 5.97. The lowest BCUT2D eigenvalue weighted by atomic mass is 10.1. The highest BCUT2D eigenvalue weighted by Gasteiger charge is 2.31. The number of halogens is 1. The number of piperidine rings is 1. The molecule has 5 rings (SSSR count). The summed E-state index contributed by atoms with van der Waals surface area (Å²) in [6, 6.07) is 15.8. The van der Waals surface area contributed by atoms with Gasteiger partial charge >= 0.3 is 0 Å². The highest BCUT2D eigenvalue weighted by molar-refractivity contribution is 7.89. The number of hydrogen-bond donors (Lipinski definition) is 0. The first-order valence-corrected chi connectivity index (χ1v) is 13.0. The van der Waals surface area contributed by atoms with Gasteiger partial charge in [-0.3, -0.25) is 0 Å². The zero-order valence-corrected chi connectivity index (χ0v) is 19.6. The van der Waals surface area contributed by atoms with E-state index in [1.165, 1.54) is 12.1 Å². The fourth-order valence-corrected chi connectivity index (χ4v) is 6.57. The molecule has 3 aromatic rings. The molecule has 6 nitrogen and oxygen atoms in total. The van der Waals surface area contributed by atoms with Gasteiger partial charge in [0.05, 0.1) is 10.4 Å². The lowest BCUT2D eigenvalue weighted by Gasteiger charge is -2.36. The van der Waals surface area contributed by atoms with Gasteiger partial charge in [0.1, 0.15) is 11.6 Å². The van der Waals surface area contributed by atoms with Crippen molar-refractivity contribution in [3.05, 3.63) is 60.4 Å². The van der Waals surface area contributed by atoms with Crippen molar-refractivity contribution in [3.8, 4) is 0 Å². The van der Waals surface area contributed by atoms with E-state index in [-0.39, 0.29) is 11.9 Å². The molecule has 2 fully saturated rings. The number of hydrogen-bond acceptors (Lipinski definition) is 5. The summed E-state index contributed by atoms with van der Waals surface area (Å²) in [7, 11) is -3.50. The van der Waals surface area contributed by atoms with Crippen molar-refractivity contribution in [2.45, 2.75) is 37.1 Å². The van der Waals surface area contributed by atoms with E-state index in [1.807, 2.05) is 37.3 Å². The number of piperazine rings is 1. The Hall–Kier alpha value is -2.71. The predicted molar refractivity (Wildman–Crippen MR) is 130 cm³/mol. The third kappa shape index (κ3) is 4.42. The van der Waals surface area contributed by atoms with E-state index in [1.54, 1.807) is 16.4 Å². The highest BCUT2D eigenvalue weighted by Crippen LogP contribution is 2.28. The van der Waals surface area contributed by atoms with Crippen LogP contribution in [0.3, 0.4) is 0 Å². The van der Waals surface area contributed by atoms with Crippen LogP contribution in [-0.2, 0) is 10.0 Å². The van der Waals surface area contributed by atoms with Crippen molar-refractivity contribution in [1.82, 2.24) is 9.29 Å². The van der Waals surface area contributed by atoms with E-state index in [0.29, 0.717) is 11.4 Å². The number of anilines is 2. The van der Waals surface area contributed by atoms with Crippen molar-refractivity contribution < 1.29 is 12.8 Å². The van der Waals surface area contributed by atoms with Gasteiger partial charge in [0.25, 0.3) is 0 Å². The molecule has 0 unspecified atom stereocenters. The van der Waals surface area contributed by atoms with Crippen LogP contribution in [0.1, 0.15) is 26.2 Å². The minimum Gasteiger partial charge on any atom is -0.368 e. The number of fused-ring (bicyclic) bond motifs is 1. The topological polar surface area (TPSA) is 56.8 Å². The van der Waals surface area contributed by atoms with Crippen LogP contribution < -0.4 is 9.80 Å². The molecule has 0 aliphatic carbocycles. The van der Waals surface area contributed by atoms with Gasteiger partial charge in [0.15, 0.2) is 0 Å². The van der Waals surface area contributed by atoms with E-state index in [2.05, 4.69) is 9.80 Å². The van der Waals surface area contributed by atoms with Gasteiger partial charge in [-0.1, -0.05) is 6.42 Å². The number of sulfonamides is 1. The molecule has 1 aromatic heterocycles. The number of nitrogens with zero attached hydrogens (tertiary/aromatic N) is 4. The van der Waals surface area contributed by atoms with Gasteiger partial charge in [-0.15, -0.1) is 0 Å². The molecule has 2 aliphatic heterocycles. The van der Waals surface area contributed by atoms with Crippen molar-refractivity contribution in [3.63, 3.8) is 0 Å². The maximum atomic E-state index is 13.2. The average molecular weight is 469 g/mol. The summed E-state index contributed by atoms with van der Waals surface area (Å²) in [5.41, 5.74) is 1.82. The summed E-state index contributed by atoms with van der Waals surface area (Å²) in [4.78, 5) is 9.63. The fourth-order valence-electron chi connectivity index (χ4n) is 4.84. The monoisotopic (exact) mass is 468 g/mol. The van der Waals surface area contributed by atoms with Crippen LogP contribution >= 0.6 is 0 Å².